The average molecular weight is 394 g/mol. The van der Waals surface area contributed by atoms with Gasteiger partial charge in [0.2, 0.25) is 0 Å². The van der Waals surface area contributed by atoms with Crippen LogP contribution in [0.15, 0.2) is 82.5 Å². The molecule has 0 bridgehead atoms. The Kier molecular flexibility index (Phi) is 4.31. The van der Waals surface area contributed by atoms with Gasteiger partial charge in [0.1, 0.15) is 11.5 Å². The van der Waals surface area contributed by atoms with E-state index in [-0.39, 0.29) is 10.6 Å². The molecule has 4 rings (SSSR count). The van der Waals surface area contributed by atoms with Crippen LogP contribution in [-0.2, 0) is 9.84 Å². The fourth-order valence-corrected chi connectivity index (χ4v) is 3.73. The van der Waals surface area contributed by atoms with Crippen molar-refractivity contribution in [1.29, 1.82) is 0 Å². The van der Waals surface area contributed by atoms with Crippen molar-refractivity contribution in [2.75, 3.05) is 6.26 Å². The van der Waals surface area contributed by atoms with Gasteiger partial charge in [-0.15, -0.1) is 0 Å². The van der Waals surface area contributed by atoms with E-state index in [9.17, 15) is 17.6 Å². The molecule has 7 heteroatoms. The summed E-state index contributed by atoms with van der Waals surface area (Å²) in [5.74, 6) is -0.580. The second-order valence-electron chi connectivity index (χ2n) is 6.36. The van der Waals surface area contributed by atoms with E-state index >= 15 is 0 Å². The largest absolute Gasteiger partial charge is 0.279 e. The first-order valence-electron chi connectivity index (χ1n) is 8.44. The molecule has 0 aliphatic rings. The molecule has 3 aromatic carbocycles. The second kappa shape index (κ2) is 6.69. The summed E-state index contributed by atoms with van der Waals surface area (Å²) in [6, 6.07) is 19.0. The van der Waals surface area contributed by atoms with Gasteiger partial charge >= 0.3 is 0 Å². The summed E-state index contributed by atoms with van der Waals surface area (Å²) >= 11 is 0. The third kappa shape index (κ3) is 3.10. The predicted molar refractivity (Wildman–Crippen MR) is 106 cm³/mol. The average Bonchev–Trinajstić information content (AvgIpc) is 2.69. The van der Waals surface area contributed by atoms with Gasteiger partial charge in [0.15, 0.2) is 9.84 Å². The molecule has 0 spiro atoms. The number of fused-ring (bicyclic) bond motifs is 1. The summed E-state index contributed by atoms with van der Waals surface area (Å²) in [7, 11) is -3.42. The van der Waals surface area contributed by atoms with Crippen LogP contribution in [0.25, 0.3) is 27.7 Å². The predicted octanol–water partition coefficient (Wildman–Crippen LogP) is 3.60. The number of nitrogens with zero attached hydrogens (tertiary/aromatic N) is 2. The topological polar surface area (TPSA) is 69.0 Å². The highest BCUT2D eigenvalue weighted by Gasteiger charge is 2.16. The molecule has 0 saturated carbocycles. The van der Waals surface area contributed by atoms with Crippen molar-refractivity contribution in [3.05, 3.63) is 89.0 Å². The maximum absolute atomic E-state index is 14.3. The number of para-hydroxylation sites is 1. The molecule has 0 radical (unpaired) electrons. The van der Waals surface area contributed by atoms with Crippen LogP contribution in [0.5, 0.6) is 0 Å². The summed E-state index contributed by atoms with van der Waals surface area (Å²) < 4.78 is 39.2. The standard InChI is InChI=1S/C21H15FN2O3S/c1-28(26,27)15-8-6-7-14(13-15)20-16-9-2-3-10-17(16)21(25)24(23-20)19-12-5-4-11-18(19)22/h2-13H,1H3. The minimum atomic E-state index is -3.42. The SMILES string of the molecule is CS(=O)(=O)c1cccc(-c2nn(-c3ccccc3F)c(=O)c3ccccc23)c1. The Morgan fingerprint density at radius 3 is 2.29 bits per heavy atom. The Morgan fingerprint density at radius 1 is 0.893 bits per heavy atom. The lowest BCUT2D eigenvalue weighted by Gasteiger charge is -2.12. The number of benzene rings is 3. The van der Waals surface area contributed by atoms with Crippen LogP contribution in [0.1, 0.15) is 0 Å². The van der Waals surface area contributed by atoms with E-state index in [4.69, 9.17) is 0 Å². The summed E-state index contributed by atoms with van der Waals surface area (Å²) in [6.45, 7) is 0. The zero-order chi connectivity index (χ0) is 19.9. The Bertz CT molecular complexity index is 1380. The number of hydrogen-bond donors (Lipinski definition) is 0. The summed E-state index contributed by atoms with van der Waals surface area (Å²) in [6.07, 6.45) is 1.12. The molecule has 0 aliphatic heterocycles. The van der Waals surface area contributed by atoms with E-state index in [1.807, 2.05) is 0 Å². The van der Waals surface area contributed by atoms with Gasteiger partial charge in [-0.25, -0.2) is 12.8 Å². The first kappa shape index (κ1) is 18.1. The molecule has 1 heterocycles. The van der Waals surface area contributed by atoms with E-state index < -0.39 is 21.2 Å². The molecule has 0 unspecified atom stereocenters. The minimum absolute atomic E-state index is 0.0266. The van der Waals surface area contributed by atoms with Gasteiger partial charge < -0.3 is 0 Å². The maximum Gasteiger partial charge on any atom is 0.279 e. The van der Waals surface area contributed by atoms with Crippen molar-refractivity contribution >= 4 is 20.6 Å². The quantitative estimate of drug-likeness (QED) is 0.532. The second-order valence-corrected chi connectivity index (χ2v) is 8.38. The van der Waals surface area contributed by atoms with Crippen molar-refractivity contribution < 1.29 is 12.8 Å². The monoisotopic (exact) mass is 394 g/mol. The molecule has 0 aliphatic carbocycles. The lowest BCUT2D eigenvalue weighted by molar-refractivity contribution is 0.602. The van der Waals surface area contributed by atoms with E-state index in [1.165, 1.54) is 30.3 Å². The minimum Gasteiger partial charge on any atom is -0.267 e. The first-order chi connectivity index (χ1) is 13.4. The van der Waals surface area contributed by atoms with Gasteiger partial charge in [0, 0.05) is 17.2 Å². The van der Waals surface area contributed by atoms with Crippen LogP contribution >= 0.6 is 0 Å². The molecule has 4 aromatic rings. The van der Waals surface area contributed by atoms with Gasteiger partial charge in [0.25, 0.3) is 5.56 Å². The van der Waals surface area contributed by atoms with Crippen molar-refractivity contribution in [2.45, 2.75) is 4.90 Å². The van der Waals surface area contributed by atoms with Crippen molar-refractivity contribution in [1.82, 2.24) is 9.78 Å². The zero-order valence-electron chi connectivity index (χ0n) is 14.8. The molecule has 0 N–H and O–H groups in total. The molecular weight excluding hydrogens is 379 g/mol. The fourth-order valence-electron chi connectivity index (χ4n) is 3.06. The summed E-state index contributed by atoms with van der Waals surface area (Å²) in [5.41, 5.74) is 0.482. The van der Waals surface area contributed by atoms with Crippen LogP contribution in [0.3, 0.4) is 0 Å². The van der Waals surface area contributed by atoms with Gasteiger partial charge in [-0.3, -0.25) is 4.79 Å². The number of rotatable bonds is 3. The number of halogens is 1. The van der Waals surface area contributed by atoms with E-state index in [1.54, 1.807) is 42.5 Å². The van der Waals surface area contributed by atoms with Crippen LogP contribution in [0, 0.1) is 5.82 Å². The van der Waals surface area contributed by atoms with Crippen LogP contribution in [0.2, 0.25) is 0 Å². The highest BCUT2D eigenvalue weighted by molar-refractivity contribution is 7.90. The Hall–Kier alpha value is -3.32. The molecule has 0 amide bonds. The van der Waals surface area contributed by atoms with Gasteiger partial charge in [-0.05, 0) is 30.3 Å². The summed E-state index contributed by atoms with van der Waals surface area (Å²) in [5, 5.41) is 5.32. The molecule has 0 fully saturated rings. The lowest BCUT2D eigenvalue weighted by Crippen LogP contribution is -2.23. The number of hydrogen-bond acceptors (Lipinski definition) is 4. The van der Waals surface area contributed by atoms with Gasteiger partial charge in [0.05, 0.1) is 16.0 Å². The number of aromatic nitrogens is 2. The fraction of sp³-hybridized carbons (Fsp3) is 0.0476. The first-order valence-corrected chi connectivity index (χ1v) is 10.3. The smallest absolute Gasteiger partial charge is 0.267 e. The van der Waals surface area contributed by atoms with Gasteiger partial charge in [-0.2, -0.15) is 9.78 Å². The Morgan fingerprint density at radius 2 is 1.57 bits per heavy atom. The lowest BCUT2D eigenvalue weighted by atomic mass is 10.1. The van der Waals surface area contributed by atoms with Crippen molar-refractivity contribution in [2.24, 2.45) is 0 Å². The van der Waals surface area contributed by atoms with Crippen LogP contribution < -0.4 is 5.56 Å². The normalized spacial score (nSPS) is 11.6. The van der Waals surface area contributed by atoms with Crippen LogP contribution in [0.4, 0.5) is 4.39 Å². The molecule has 140 valence electrons. The molecule has 28 heavy (non-hydrogen) atoms. The maximum atomic E-state index is 14.3. The third-order valence-electron chi connectivity index (χ3n) is 4.42. The Balaban J connectivity index is 2.09. The molecule has 0 atom stereocenters. The highest BCUT2D eigenvalue weighted by atomic mass is 32.2. The highest BCUT2D eigenvalue weighted by Crippen LogP contribution is 2.27. The molecule has 1 aromatic heterocycles. The number of sulfone groups is 1. The van der Waals surface area contributed by atoms with E-state index in [2.05, 4.69) is 5.10 Å². The zero-order valence-corrected chi connectivity index (χ0v) is 15.7. The van der Waals surface area contributed by atoms with Gasteiger partial charge in [-0.1, -0.05) is 42.5 Å². The van der Waals surface area contributed by atoms with E-state index in [0.29, 0.717) is 22.0 Å². The van der Waals surface area contributed by atoms with Crippen LogP contribution in [-0.4, -0.2) is 24.5 Å². The molecule has 0 saturated heterocycles. The van der Waals surface area contributed by atoms with Crippen molar-refractivity contribution in [3.8, 4) is 16.9 Å². The van der Waals surface area contributed by atoms with E-state index in [0.717, 1.165) is 10.9 Å². The third-order valence-corrected chi connectivity index (χ3v) is 5.53. The van der Waals surface area contributed by atoms with Crippen molar-refractivity contribution in [3.63, 3.8) is 0 Å². The summed E-state index contributed by atoms with van der Waals surface area (Å²) in [4.78, 5) is 13.1. The molecular formula is C21H15FN2O3S. The Labute approximate surface area is 160 Å². The molecule has 5 nitrogen and oxygen atoms in total.